The molecule has 1 aliphatic rings. The lowest BCUT2D eigenvalue weighted by molar-refractivity contribution is 0.0929. The molecule has 0 saturated carbocycles. The number of hydrogen-bond acceptors (Lipinski definition) is 7. The molecule has 1 fully saturated rings. The van der Waals surface area contributed by atoms with Gasteiger partial charge in [-0.05, 0) is 42.0 Å². The summed E-state index contributed by atoms with van der Waals surface area (Å²) in [5.74, 6) is 1.17. The van der Waals surface area contributed by atoms with Crippen LogP contribution in [-0.4, -0.2) is 79.0 Å². The van der Waals surface area contributed by atoms with E-state index in [-0.39, 0.29) is 11.9 Å². The number of ether oxygens (including phenoxy) is 3. The van der Waals surface area contributed by atoms with Gasteiger partial charge in [-0.25, -0.2) is 0 Å². The molecule has 3 aromatic rings. The standard InChI is InChI=1S/C30H38N4O4/c1-32(2)24-13-11-22(12-14-24)26(34-17-15-33(16-18-34)25-9-7-6-8-10-25)21-31-30(35)23-19-27(36-3)29(38-5)28(20-23)37-4/h6-14,19-20,26H,15-18,21H2,1-5H3,(H,31,35). The number of rotatable bonds is 10. The molecule has 1 atom stereocenters. The number of nitrogens with zero attached hydrogens (tertiary/aromatic N) is 3. The summed E-state index contributed by atoms with van der Waals surface area (Å²) in [5.41, 5.74) is 4.02. The lowest BCUT2D eigenvalue weighted by atomic mass is 10.0. The minimum atomic E-state index is -0.193. The Kier molecular flexibility index (Phi) is 8.97. The molecule has 3 aromatic carbocycles. The van der Waals surface area contributed by atoms with Crippen molar-refractivity contribution < 1.29 is 19.0 Å². The van der Waals surface area contributed by atoms with Gasteiger partial charge in [-0.2, -0.15) is 0 Å². The number of nitrogens with one attached hydrogen (secondary N) is 1. The summed E-state index contributed by atoms with van der Waals surface area (Å²) in [6, 6.07) is 22.5. The summed E-state index contributed by atoms with van der Waals surface area (Å²) >= 11 is 0. The number of carbonyl (C=O) groups is 1. The van der Waals surface area contributed by atoms with E-state index in [0.717, 1.165) is 31.9 Å². The van der Waals surface area contributed by atoms with Gasteiger partial charge < -0.3 is 29.3 Å². The number of anilines is 2. The zero-order chi connectivity index (χ0) is 27.1. The normalized spacial score (nSPS) is 14.5. The number of para-hydroxylation sites is 1. The van der Waals surface area contributed by atoms with Crippen LogP contribution in [0.4, 0.5) is 11.4 Å². The number of amides is 1. The van der Waals surface area contributed by atoms with Gasteiger partial charge in [0.25, 0.3) is 5.91 Å². The van der Waals surface area contributed by atoms with Gasteiger partial charge in [0.1, 0.15) is 0 Å². The Morgan fingerprint density at radius 1 is 0.868 bits per heavy atom. The Morgan fingerprint density at radius 3 is 2.00 bits per heavy atom. The second-order valence-electron chi connectivity index (χ2n) is 9.48. The third kappa shape index (κ3) is 6.14. The smallest absolute Gasteiger partial charge is 0.251 e. The Labute approximate surface area is 225 Å². The molecule has 202 valence electrons. The molecular formula is C30H38N4O4. The molecule has 38 heavy (non-hydrogen) atoms. The number of methoxy groups -OCH3 is 3. The number of piperazine rings is 1. The molecule has 0 aliphatic carbocycles. The number of benzene rings is 3. The quantitative estimate of drug-likeness (QED) is 0.434. The SMILES string of the molecule is COc1cc(C(=O)NCC(c2ccc(N(C)C)cc2)N2CCN(c3ccccc3)CC2)cc(OC)c1OC. The van der Waals surface area contributed by atoms with E-state index in [1.807, 2.05) is 20.2 Å². The van der Waals surface area contributed by atoms with Crippen molar-refractivity contribution in [3.8, 4) is 17.2 Å². The van der Waals surface area contributed by atoms with E-state index in [0.29, 0.717) is 29.4 Å². The fourth-order valence-electron chi connectivity index (χ4n) is 4.89. The predicted octanol–water partition coefficient (Wildman–Crippen LogP) is 4.07. The first-order valence-corrected chi connectivity index (χ1v) is 12.8. The molecular weight excluding hydrogens is 480 g/mol. The van der Waals surface area contributed by atoms with Crippen LogP contribution in [0, 0.1) is 0 Å². The third-order valence-corrected chi connectivity index (χ3v) is 7.05. The molecule has 1 aliphatic heterocycles. The fraction of sp³-hybridized carbons (Fsp3) is 0.367. The first-order chi connectivity index (χ1) is 18.4. The molecule has 8 nitrogen and oxygen atoms in total. The first-order valence-electron chi connectivity index (χ1n) is 12.8. The van der Waals surface area contributed by atoms with Crippen molar-refractivity contribution in [3.63, 3.8) is 0 Å². The molecule has 0 radical (unpaired) electrons. The number of hydrogen-bond donors (Lipinski definition) is 1. The summed E-state index contributed by atoms with van der Waals surface area (Å²) in [7, 11) is 8.70. The van der Waals surface area contributed by atoms with Crippen LogP contribution in [0.1, 0.15) is 22.0 Å². The Bertz CT molecular complexity index is 1170. The summed E-state index contributed by atoms with van der Waals surface area (Å²) in [5, 5.41) is 3.16. The largest absolute Gasteiger partial charge is 0.493 e. The maximum Gasteiger partial charge on any atom is 0.251 e. The zero-order valence-electron chi connectivity index (χ0n) is 22.9. The molecule has 1 heterocycles. The summed E-state index contributed by atoms with van der Waals surface area (Å²) < 4.78 is 16.3. The van der Waals surface area contributed by atoms with E-state index < -0.39 is 0 Å². The molecule has 1 saturated heterocycles. The Morgan fingerprint density at radius 2 is 1.47 bits per heavy atom. The van der Waals surface area contributed by atoms with Gasteiger partial charge >= 0.3 is 0 Å². The molecule has 0 bridgehead atoms. The van der Waals surface area contributed by atoms with Gasteiger partial charge in [0.2, 0.25) is 5.75 Å². The van der Waals surface area contributed by atoms with Crippen LogP contribution >= 0.6 is 0 Å². The van der Waals surface area contributed by atoms with Crippen LogP contribution in [-0.2, 0) is 0 Å². The average Bonchev–Trinajstić information content (AvgIpc) is 2.97. The Balaban J connectivity index is 1.52. The van der Waals surface area contributed by atoms with E-state index in [9.17, 15) is 4.79 Å². The molecule has 8 heteroatoms. The van der Waals surface area contributed by atoms with Crippen molar-refractivity contribution in [3.05, 3.63) is 77.9 Å². The summed E-state index contributed by atoms with van der Waals surface area (Å²) in [4.78, 5) is 20.2. The summed E-state index contributed by atoms with van der Waals surface area (Å²) in [6.07, 6.45) is 0. The van der Waals surface area contributed by atoms with Gasteiger partial charge in [0.15, 0.2) is 11.5 Å². The van der Waals surface area contributed by atoms with Crippen molar-refractivity contribution in [2.45, 2.75) is 6.04 Å². The summed E-state index contributed by atoms with van der Waals surface area (Å²) in [6.45, 7) is 4.13. The van der Waals surface area contributed by atoms with Gasteiger partial charge in [0.05, 0.1) is 27.4 Å². The van der Waals surface area contributed by atoms with Gasteiger partial charge in [-0.15, -0.1) is 0 Å². The van der Waals surface area contributed by atoms with Gasteiger partial charge in [-0.3, -0.25) is 9.69 Å². The highest BCUT2D eigenvalue weighted by Crippen LogP contribution is 2.38. The van der Waals surface area contributed by atoms with Crippen LogP contribution in [0.15, 0.2) is 66.7 Å². The minimum Gasteiger partial charge on any atom is -0.493 e. The van der Waals surface area contributed by atoms with E-state index in [1.165, 1.54) is 11.3 Å². The monoisotopic (exact) mass is 518 g/mol. The molecule has 4 rings (SSSR count). The minimum absolute atomic E-state index is 0.0372. The second-order valence-corrected chi connectivity index (χ2v) is 9.48. The van der Waals surface area contributed by atoms with Crippen molar-refractivity contribution in [1.29, 1.82) is 0 Å². The molecule has 1 amide bonds. The van der Waals surface area contributed by atoms with E-state index in [4.69, 9.17) is 14.2 Å². The average molecular weight is 519 g/mol. The maximum atomic E-state index is 13.3. The first kappa shape index (κ1) is 27.1. The van der Waals surface area contributed by atoms with E-state index >= 15 is 0 Å². The van der Waals surface area contributed by atoms with Crippen LogP contribution in [0.5, 0.6) is 17.2 Å². The van der Waals surface area contributed by atoms with Crippen molar-refractivity contribution >= 4 is 17.3 Å². The van der Waals surface area contributed by atoms with Crippen molar-refractivity contribution in [1.82, 2.24) is 10.2 Å². The van der Waals surface area contributed by atoms with Crippen LogP contribution < -0.4 is 29.3 Å². The van der Waals surface area contributed by atoms with Crippen molar-refractivity contribution in [2.24, 2.45) is 0 Å². The second kappa shape index (κ2) is 12.6. The van der Waals surface area contributed by atoms with Crippen LogP contribution in [0.2, 0.25) is 0 Å². The molecule has 1 unspecified atom stereocenters. The lowest BCUT2D eigenvalue weighted by Crippen LogP contribution is -2.50. The Hall–Kier alpha value is -3.91. The highest BCUT2D eigenvalue weighted by molar-refractivity contribution is 5.95. The fourth-order valence-corrected chi connectivity index (χ4v) is 4.89. The van der Waals surface area contributed by atoms with Gasteiger partial charge in [-0.1, -0.05) is 30.3 Å². The van der Waals surface area contributed by atoms with Crippen LogP contribution in [0.25, 0.3) is 0 Å². The highest BCUT2D eigenvalue weighted by atomic mass is 16.5. The highest BCUT2D eigenvalue weighted by Gasteiger charge is 2.26. The topological polar surface area (TPSA) is 66.5 Å². The maximum absolute atomic E-state index is 13.3. The van der Waals surface area contributed by atoms with E-state index in [2.05, 4.69) is 68.5 Å². The molecule has 1 N–H and O–H groups in total. The molecule has 0 spiro atoms. The third-order valence-electron chi connectivity index (χ3n) is 7.05. The molecule has 0 aromatic heterocycles. The van der Waals surface area contributed by atoms with Crippen LogP contribution in [0.3, 0.4) is 0 Å². The number of carbonyl (C=O) groups excluding carboxylic acids is 1. The predicted molar refractivity (Wildman–Crippen MR) is 152 cm³/mol. The zero-order valence-corrected chi connectivity index (χ0v) is 22.9. The van der Waals surface area contributed by atoms with Gasteiger partial charge in [0, 0.05) is 63.8 Å². The van der Waals surface area contributed by atoms with Crippen molar-refractivity contribution in [2.75, 3.05) is 77.9 Å². The lowest BCUT2D eigenvalue weighted by Gasteiger charge is -2.40. The van der Waals surface area contributed by atoms with E-state index in [1.54, 1.807) is 33.5 Å².